The molecule has 0 saturated carbocycles. The Morgan fingerprint density at radius 1 is 0.185 bits per heavy atom. The number of nitriles is 1. The number of nitrogens with zero attached hydrogens (tertiary/aromatic N) is 1. The van der Waals surface area contributed by atoms with Crippen molar-refractivity contribution in [3.05, 3.63) is 413 Å². The van der Waals surface area contributed by atoms with Crippen LogP contribution in [-0.2, 0) is 22.0 Å². The van der Waals surface area contributed by atoms with Crippen LogP contribution in [-0.4, -0.2) is 0 Å². The fourth-order valence-corrected chi connectivity index (χ4v) is 12.1. The van der Waals surface area contributed by atoms with E-state index >= 15 is 0 Å². The van der Waals surface area contributed by atoms with Gasteiger partial charge in [0.1, 0.15) is 22.0 Å². The van der Waals surface area contributed by atoms with E-state index in [0.29, 0.717) is 0 Å². The molecule has 81 heavy (non-hydrogen) atoms. The zero-order valence-electron chi connectivity index (χ0n) is 44.9. The number of nitrogens with one attached hydrogen (secondary N) is 3. The fraction of sp³-hybridized carbons (Fsp3) is 0.0519. The van der Waals surface area contributed by atoms with E-state index in [1.54, 1.807) is 0 Å². The molecule has 0 radical (unpaired) electrons. The quantitative estimate of drug-likeness (QED) is 0.0750. The molecule has 12 rings (SSSR count). The van der Waals surface area contributed by atoms with Gasteiger partial charge in [-0.25, -0.2) is 0 Å². The molecule has 0 spiro atoms. The summed E-state index contributed by atoms with van der Waals surface area (Å²) in [5.74, 6) is 0. The van der Waals surface area contributed by atoms with E-state index in [2.05, 4.69) is 368 Å². The second-order valence-corrected chi connectivity index (χ2v) is 20.5. The molecule has 12 aromatic carbocycles. The summed E-state index contributed by atoms with van der Waals surface area (Å²) in [6.07, 6.45) is 0. The van der Waals surface area contributed by atoms with E-state index in [9.17, 15) is 5.26 Å². The summed E-state index contributed by atoms with van der Waals surface area (Å²) in [7, 11) is 0. The molecular formula is C77H60N4. The lowest BCUT2D eigenvalue weighted by Gasteiger charge is -2.38. The van der Waals surface area contributed by atoms with Crippen molar-refractivity contribution in [3.63, 3.8) is 0 Å². The first-order valence-corrected chi connectivity index (χ1v) is 27.6. The minimum absolute atomic E-state index is 0.744. The minimum Gasteiger partial charge on any atom is -0.368 e. The SMILES string of the molecule is N#CC(c1ccc(NC(c2ccccc2)(c2ccccc2)c2ccccc2)cc1)(c1ccc(NC(c2ccccc2)(c2ccccc2)c2ccccc2)cc1)c1ccc(NC(c2ccccc2)(c2ccccc2)c2ccccc2)cc1. The van der Waals surface area contributed by atoms with Crippen molar-refractivity contribution in [2.75, 3.05) is 16.0 Å². The van der Waals surface area contributed by atoms with Crippen LogP contribution in [0.1, 0.15) is 66.8 Å². The molecule has 0 fully saturated rings. The largest absolute Gasteiger partial charge is 0.368 e. The molecule has 4 heteroatoms. The van der Waals surface area contributed by atoms with Gasteiger partial charge in [0.25, 0.3) is 0 Å². The molecule has 3 N–H and O–H groups in total. The van der Waals surface area contributed by atoms with E-state index in [0.717, 1.165) is 83.8 Å². The zero-order valence-corrected chi connectivity index (χ0v) is 44.9. The van der Waals surface area contributed by atoms with Crippen molar-refractivity contribution in [2.24, 2.45) is 0 Å². The molecule has 388 valence electrons. The van der Waals surface area contributed by atoms with Crippen LogP contribution in [0.4, 0.5) is 17.1 Å². The predicted octanol–water partition coefficient (Wildman–Crippen LogP) is 17.8. The summed E-state index contributed by atoms with van der Waals surface area (Å²) in [5.41, 5.74) is 11.7. The molecule has 0 saturated heterocycles. The molecule has 0 aromatic heterocycles. The molecule has 4 nitrogen and oxygen atoms in total. The van der Waals surface area contributed by atoms with Crippen LogP contribution in [0.25, 0.3) is 0 Å². The summed E-state index contributed by atoms with van der Waals surface area (Å²) in [6, 6.07) is 124. The van der Waals surface area contributed by atoms with Crippen molar-refractivity contribution < 1.29 is 0 Å². The van der Waals surface area contributed by atoms with E-state index in [4.69, 9.17) is 0 Å². The summed E-state index contributed by atoms with van der Waals surface area (Å²) < 4.78 is 0. The third-order valence-corrected chi connectivity index (χ3v) is 16.0. The minimum atomic E-state index is -1.25. The number of benzene rings is 12. The maximum atomic E-state index is 12.1. The van der Waals surface area contributed by atoms with Crippen molar-refractivity contribution in [2.45, 2.75) is 22.0 Å². The maximum absolute atomic E-state index is 12.1. The summed E-state index contributed by atoms with van der Waals surface area (Å²) >= 11 is 0. The van der Waals surface area contributed by atoms with Gasteiger partial charge in [-0.05, 0) is 103 Å². The third kappa shape index (κ3) is 9.62. The number of hydrogen-bond acceptors (Lipinski definition) is 4. The molecule has 12 aromatic rings. The van der Waals surface area contributed by atoms with E-state index in [1.807, 2.05) is 0 Å². The van der Waals surface area contributed by atoms with Gasteiger partial charge in [0.05, 0.1) is 6.07 Å². The van der Waals surface area contributed by atoms with Crippen LogP contribution in [0, 0.1) is 11.3 Å². The fourth-order valence-electron chi connectivity index (χ4n) is 12.1. The smallest absolute Gasteiger partial charge is 0.132 e. The lowest BCUT2D eigenvalue weighted by atomic mass is 9.70. The van der Waals surface area contributed by atoms with Gasteiger partial charge in [-0.2, -0.15) is 5.26 Å². The molecule has 0 atom stereocenters. The number of anilines is 3. The van der Waals surface area contributed by atoms with Crippen LogP contribution >= 0.6 is 0 Å². The average Bonchev–Trinajstić information content (AvgIpc) is 3.73. The van der Waals surface area contributed by atoms with Gasteiger partial charge in [-0.15, -0.1) is 0 Å². The van der Waals surface area contributed by atoms with Crippen LogP contribution in [0.5, 0.6) is 0 Å². The Bertz CT molecular complexity index is 3250. The van der Waals surface area contributed by atoms with Crippen molar-refractivity contribution >= 4 is 17.1 Å². The number of rotatable bonds is 18. The Hall–Kier alpha value is -10.5. The van der Waals surface area contributed by atoms with Crippen molar-refractivity contribution in [1.29, 1.82) is 5.26 Å². The zero-order chi connectivity index (χ0) is 54.8. The molecule has 0 unspecified atom stereocenters. The van der Waals surface area contributed by atoms with E-state index < -0.39 is 22.0 Å². The lowest BCUT2D eigenvalue weighted by Crippen LogP contribution is -2.38. The normalized spacial score (nSPS) is 11.7. The first kappa shape index (κ1) is 51.3. The highest BCUT2D eigenvalue weighted by Gasteiger charge is 2.41. The Kier molecular flexibility index (Phi) is 14.5. The Balaban J connectivity index is 0.993. The molecule has 0 aliphatic heterocycles. The Morgan fingerprint density at radius 2 is 0.333 bits per heavy atom. The second kappa shape index (κ2) is 22.9. The lowest BCUT2D eigenvalue weighted by molar-refractivity contribution is 0.710. The van der Waals surface area contributed by atoms with Gasteiger partial charge < -0.3 is 16.0 Å². The molecular weight excluding hydrogens is 981 g/mol. The highest BCUT2D eigenvalue weighted by Crippen LogP contribution is 2.46. The van der Waals surface area contributed by atoms with Gasteiger partial charge in [-0.3, -0.25) is 0 Å². The third-order valence-electron chi connectivity index (χ3n) is 16.0. The first-order valence-electron chi connectivity index (χ1n) is 27.6. The summed E-state index contributed by atoms with van der Waals surface area (Å²) in [4.78, 5) is 0. The summed E-state index contributed by atoms with van der Waals surface area (Å²) in [6.45, 7) is 0. The van der Waals surface area contributed by atoms with Gasteiger partial charge in [0.2, 0.25) is 0 Å². The van der Waals surface area contributed by atoms with Crippen molar-refractivity contribution in [1.82, 2.24) is 0 Å². The van der Waals surface area contributed by atoms with Crippen molar-refractivity contribution in [3.8, 4) is 6.07 Å². The highest BCUT2D eigenvalue weighted by molar-refractivity contribution is 5.68. The van der Waals surface area contributed by atoms with E-state index in [1.165, 1.54) is 0 Å². The molecule has 0 aliphatic rings. The Labute approximate surface area is 476 Å². The van der Waals surface area contributed by atoms with Crippen LogP contribution in [0.2, 0.25) is 0 Å². The molecule has 0 heterocycles. The average molecular weight is 1040 g/mol. The topological polar surface area (TPSA) is 59.9 Å². The molecule has 0 amide bonds. The predicted molar refractivity (Wildman–Crippen MR) is 333 cm³/mol. The second-order valence-electron chi connectivity index (χ2n) is 20.5. The van der Waals surface area contributed by atoms with E-state index in [-0.39, 0.29) is 0 Å². The maximum Gasteiger partial charge on any atom is 0.132 e. The van der Waals surface area contributed by atoms with Gasteiger partial charge >= 0.3 is 0 Å². The van der Waals surface area contributed by atoms with Crippen LogP contribution in [0.15, 0.2) is 346 Å². The monoisotopic (exact) mass is 1040 g/mol. The summed E-state index contributed by atoms with van der Waals surface area (Å²) in [5, 5.41) is 24.3. The molecule has 0 bridgehead atoms. The first-order chi connectivity index (χ1) is 40.1. The van der Waals surface area contributed by atoms with Gasteiger partial charge in [-0.1, -0.05) is 309 Å². The number of hydrogen-bond donors (Lipinski definition) is 3. The molecule has 0 aliphatic carbocycles. The standard InChI is InChI=1S/C77H60N4/c78-58-74(59-46-52-71(53-47-59)79-75(62-28-10-1-11-29-62,63-30-12-2-13-31-63)64-32-14-3-15-33-64,60-48-54-72(55-49-60)80-76(65-34-16-4-17-35-65,66-36-18-5-19-37-66)67-38-20-6-21-39-67)61-50-56-73(57-51-61)81-77(68-40-22-7-23-41-68,69-42-24-8-25-43-69)70-44-26-9-27-45-70/h1-57,79-81H. The Morgan fingerprint density at radius 3 is 0.469 bits per heavy atom. The van der Waals surface area contributed by atoms with Crippen LogP contribution < -0.4 is 16.0 Å². The van der Waals surface area contributed by atoms with Crippen LogP contribution in [0.3, 0.4) is 0 Å². The highest BCUT2D eigenvalue weighted by atomic mass is 15.0. The van der Waals surface area contributed by atoms with Gasteiger partial charge in [0.15, 0.2) is 0 Å². The van der Waals surface area contributed by atoms with Gasteiger partial charge in [0, 0.05) is 17.1 Å².